The van der Waals surface area contributed by atoms with Crippen molar-refractivity contribution in [2.45, 2.75) is 12.6 Å². The summed E-state index contributed by atoms with van der Waals surface area (Å²) >= 11 is 0. The molecule has 6 nitrogen and oxygen atoms in total. The van der Waals surface area contributed by atoms with Gasteiger partial charge in [0.15, 0.2) is 5.65 Å². The lowest BCUT2D eigenvalue weighted by atomic mass is 10.2. The van der Waals surface area contributed by atoms with Gasteiger partial charge < -0.3 is 11.5 Å². The van der Waals surface area contributed by atoms with Gasteiger partial charge >= 0.3 is 0 Å². The fraction of sp³-hybridized carbons (Fsp3) is 0.133. The van der Waals surface area contributed by atoms with Crippen LogP contribution in [0.5, 0.6) is 0 Å². The predicted molar refractivity (Wildman–Crippen MR) is 83.2 cm³/mol. The van der Waals surface area contributed by atoms with Crippen molar-refractivity contribution in [1.82, 2.24) is 19.5 Å². The van der Waals surface area contributed by atoms with Gasteiger partial charge in [-0.15, -0.1) is 6.58 Å². The molecule has 0 spiro atoms. The van der Waals surface area contributed by atoms with E-state index in [0.717, 1.165) is 16.7 Å². The van der Waals surface area contributed by atoms with Gasteiger partial charge in [0.1, 0.15) is 17.2 Å². The zero-order valence-corrected chi connectivity index (χ0v) is 11.5. The van der Waals surface area contributed by atoms with Crippen molar-refractivity contribution in [3.8, 4) is 11.4 Å². The molecular formula is C15H16N6. The topological polar surface area (TPSA) is 95.6 Å². The number of nitrogens with two attached hydrogens (primary N) is 2. The number of hydrogen-bond acceptors (Lipinski definition) is 5. The zero-order chi connectivity index (χ0) is 14.8. The summed E-state index contributed by atoms with van der Waals surface area (Å²) in [5, 5.41) is 0. The molecule has 0 fully saturated rings. The average Bonchev–Trinajstić information content (AvgIpc) is 2.87. The summed E-state index contributed by atoms with van der Waals surface area (Å²) < 4.78 is 1.88. The Morgan fingerprint density at radius 1 is 1.24 bits per heavy atom. The number of pyridine rings is 2. The maximum absolute atomic E-state index is 6.25. The van der Waals surface area contributed by atoms with Crippen LogP contribution in [0.1, 0.15) is 12.6 Å². The van der Waals surface area contributed by atoms with Crippen molar-refractivity contribution in [1.29, 1.82) is 0 Å². The highest BCUT2D eigenvalue weighted by Crippen LogP contribution is 2.29. The van der Waals surface area contributed by atoms with E-state index < -0.39 is 0 Å². The lowest BCUT2D eigenvalue weighted by Crippen LogP contribution is -2.19. The van der Waals surface area contributed by atoms with Gasteiger partial charge in [-0.05, 0) is 30.7 Å². The molecule has 4 N–H and O–H groups in total. The number of fused-ring (bicyclic) bond motifs is 1. The zero-order valence-electron chi connectivity index (χ0n) is 11.5. The van der Waals surface area contributed by atoms with Gasteiger partial charge in [-0.25, -0.2) is 15.0 Å². The minimum atomic E-state index is -0.308. The molecule has 3 heterocycles. The van der Waals surface area contributed by atoms with Crippen molar-refractivity contribution in [2.24, 2.45) is 5.73 Å². The van der Waals surface area contributed by atoms with E-state index in [4.69, 9.17) is 11.5 Å². The quantitative estimate of drug-likeness (QED) is 0.713. The first kappa shape index (κ1) is 13.3. The second-order valence-electron chi connectivity index (χ2n) is 4.68. The number of imidazole rings is 1. The van der Waals surface area contributed by atoms with E-state index in [-0.39, 0.29) is 6.17 Å². The molecule has 1 unspecified atom stereocenters. The Balaban J connectivity index is 2.29. The SMILES string of the molecule is C=CCC(N)n1c(-c2cccnc2N)nc2cccnc21. The highest BCUT2D eigenvalue weighted by Gasteiger charge is 2.19. The molecule has 106 valence electrons. The van der Waals surface area contributed by atoms with Gasteiger partial charge in [-0.3, -0.25) is 4.57 Å². The molecule has 0 bridgehead atoms. The normalized spacial score (nSPS) is 12.4. The number of aromatic nitrogens is 4. The number of rotatable bonds is 4. The molecule has 0 aliphatic carbocycles. The molecule has 0 radical (unpaired) electrons. The summed E-state index contributed by atoms with van der Waals surface area (Å²) in [5.74, 6) is 1.09. The van der Waals surface area contributed by atoms with Crippen LogP contribution in [0.4, 0.5) is 5.82 Å². The predicted octanol–water partition coefficient (Wildman–Crippen LogP) is 2.11. The van der Waals surface area contributed by atoms with Gasteiger partial charge in [0.05, 0.1) is 11.7 Å². The number of nitrogens with zero attached hydrogens (tertiary/aromatic N) is 4. The van der Waals surface area contributed by atoms with Crippen molar-refractivity contribution < 1.29 is 0 Å². The Morgan fingerprint density at radius 2 is 2.00 bits per heavy atom. The summed E-state index contributed by atoms with van der Waals surface area (Å²) in [5.41, 5.74) is 14.5. The molecule has 1 atom stereocenters. The maximum Gasteiger partial charge on any atom is 0.161 e. The van der Waals surface area contributed by atoms with Crippen LogP contribution in [0.15, 0.2) is 49.3 Å². The molecule has 0 saturated carbocycles. The Morgan fingerprint density at radius 3 is 2.76 bits per heavy atom. The molecule has 6 heteroatoms. The Hall–Kier alpha value is -2.73. The molecule has 21 heavy (non-hydrogen) atoms. The van der Waals surface area contributed by atoms with Gasteiger partial charge in [0.2, 0.25) is 0 Å². The highest BCUT2D eigenvalue weighted by atomic mass is 15.2. The second-order valence-corrected chi connectivity index (χ2v) is 4.68. The summed E-state index contributed by atoms with van der Waals surface area (Å²) in [6.45, 7) is 3.74. The third-order valence-electron chi connectivity index (χ3n) is 3.27. The standard InChI is InChI=1S/C15H16N6/c1-2-5-12(16)21-14(10-6-3-8-18-13(10)17)20-11-7-4-9-19-15(11)21/h2-4,6-9,12H,1,5,16H2,(H2,17,18). The summed E-state index contributed by atoms with van der Waals surface area (Å²) in [4.78, 5) is 13.1. The number of hydrogen-bond donors (Lipinski definition) is 2. The van der Waals surface area contributed by atoms with Crippen LogP contribution in [0.3, 0.4) is 0 Å². The molecule has 0 aromatic carbocycles. The van der Waals surface area contributed by atoms with Crippen LogP contribution in [-0.2, 0) is 0 Å². The Kier molecular flexibility index (Phi) is 3.37. The van der Waals surface area contributed by atoms with Crippen LogP contribution in [-0.4, -0.2) is 19.5 Å². The van der Waals surface area contributed by atoms with Crippen molar-refractivity contribution in [3.05, 3.63) is 49.3 Å². The average molecular weight is 280 g/mol. The molecule has 0 amide bonds. The highest BCUT2D eigenvalue weighted by molar-refractivity contribution is 5.80. The van der Waals surface area contributed by atoms with Crippen LogP contribution < -0.4 is 11.5 Å². The van der Waals surface area contributed by atoms with E-state index in [9.17, 15) is 0 Å². The Labute approximate surface area is 122 Å². The first-order valence-electron chi connectivity index (χ1n) is 6.62. The molecular weight excluding hydrogens is 264 g/mol. The molecule has 3 aromatic rings. The van der Waals surface area contributed by atoms with Gasteiger partial charge in [0.25, 0.3) is 0 Å². The Bertz CT molecular complexity index is 792. The van der Waals surface area contributed by atoms with E-state index in [1.807, 2.05) is 28.8 Å². The van der Waals surface area contributed by atoms with Crippen LogP contribution in [0.25, 0.3) is 22.6 Å². The second kappa shape index (κ2) is 5.34. The number of nitrogen functional groups attached to an aromatic ring is 1. The van der Waals surface area contributed by atoms with E-state index in [0.29, 0.717) is 18.1 Å². The molecule has 0 saturated heterocycles. The summed E-state index contributed by atoms with van der Waals surface area (Å²) in [6, 6.07) is 7.44. The van der Waals surface area contributed by atoms with Gasteiger partial charge in [0, 0.05) is 12.4 Å². The summed E-state index contributed by atoms with van der Waals surface area (Å²) in [7, 11) is 0. The minimum absolute atomic E-state index is 0.308. The first-order valence-corrected chi connectivity index (χ1v) is 6.62. The third kappa shape index (κ3) is 2.25. The van der Waals surface area contributed by atoms with E-state index in [2.05, 4.69) is 21.5 Å². The monoisotopic (exact) mass is 280 g/mol. The van der Waals surface area contributed by atoms with Gasteiger partial charge in [-0.2, -0.15) is 0 Å². The van der Waals surface area contributed by atoms with Crippen LogP contribution in [0.2, 0.25) is 0 Å². The molecule has 3 aromatic heterocycles. The lowest BCUT2D eigenvalue weighted by Gasteiger charge is -2.15. The minimum Gasteiger partial charge on any atom is -0.383 e. The van der Waals surface area contributed by atoms with Gasteiger partial charge in [-0.1, -0.05) is 6.08 Å². The van der Waals surface area contributed by atoms with Crippen molar-refractivity contribution >= 4 is 17.0 Å². The maximum atomic E-state index is 6.25. The number of anilines is 1. The van der Waals surface area contributed by atoms with Crippen LogP contribution >= 0.6 is 0 Å². The van der Waals surface area contributed by atoms with Crippen LogP contribution in [0, 0.1) is 0 Å². The lowest BCUT2D eigenvalue weighted by molar-refractivity contribution is 0.544. The largest absolute Gasteiger partial charge is 0.383 e. The fourth-order valence-corrected chi connectivity index (χ4v) is 2.32. The van der Waals surface area contributed by atoms with Crippen molar-refractivity contribution in [3.63, 3.8) is 0 Å². The van der Waals surface area contributed by atoms with E-state index in [1.165, 1.54) is 0 Å². The third-order valence-corrected chi connectivity index (χ3v) is 3.27. The van der Waals surface area contributed by atoms with E-state index >= 15 is 0 Å². The molecule has 0 aliphatic heterocycles. The molecule has 3 rings (SSSR count). The smallest absolute Gasteiger partial charge is 0.161 e. The fourth-order valence-electron chi connectivity index (χ4n) is 2.32. The van der Waals surface area contributed by atoms with E-state index in [1.54, 1.807) is 18.5 Å². The molecule has 0 aliphatic rings. The summed E-state index contributed by atoms with van der Waals surface area (Å²) in [6.07, 6.45) is 5.44. The first-order chi connectivity index (χ1) is 10.2. The van der Waals surface area contributed by atoms with Crippen molar-refractivity contribution in [2.75, 3.05) is 5.73 Å².